The smallest absolute Gasteiger partial charge is 0.243 e. The molecule has 0 saturated heterocycles. The zero-order valence-corrected chi connectivity index (χ0v) is 27.3. The maximum atomic E-state index is 13.7. The van der Waals surface area contributed by atoms with Gasteiger partial charge in [0.05, 0.1) is 6.04 Å². The number of nitrogens with one attached hydrogen (secondary N) is 4. The third-order valence-corrected chi connectivity index (χ3v) is 7.53. The maximum Gasteiger partial charge on any atom is 0.243 e. The van der Waals surface area contributed by atoms with Crippen molar-refractivity contribution in [2.24, 2.45) is 11.8 Å². The standard InChI is InChI=1S/C32H52N4O5S/c1-8-9-11-16-25(29(38)22(4)5)34-32(41)28(20-24-14-12-10-13-15-24)36-31(40)27(19-21(2)3)35-30(39)26(17-18-42-7)33-23(6)37/h10,12-15,21-22,25-28H,8-9,11,16-20H2,1-7H3,(H,33,37)(H,34,41)(H,35,39)(H,36,40). The minimum absolute atomic E-state index is 0.0385. The van der Waals surface area contributed by atoms with E-state index in [-0.39, 0.29) is 29.9 Å². The molecule has 0 aliphatic rings. The van der Waals surface area contributed by atoms with Gasteiger partial charge in [0.15, 0.2) is 5.78 Å². The summed E-state index contributed by atoms with van der Waals surface area (Å²) in [6, 6.07) is 6.07. The molecule has 0 aliphatic heterocycles. The number of hydrogen-bond acceptors (Lipinski definition) is 6. The van der Waals surface area contributed by atoms with Gasteiger partial charge in [-0.05, 0) is 42.8 Å². The average molecular weight is 605 g/mol. The van der Waals surface area contributed by atoms with Crippen molar-refractivity contribution in [2.75, 3.05) is 12.0 Å². The summed E-state index contributed by atoms with van der Waals surface area (Å²) in [7, 11) is 0. The number of carbonyl (C=O) groups excluding carboxylic acids is 5. The molecule has 1 aromatic rings. The molecule has 0 radical (unpaired) electrons. The third-order valence-electron chi connectivity index (χ3n) is 6.89. The monoisotopic (exact) mass is 604 g/mol. The fourth-order valence-corrected chi connectivity index (χ4v) is 5.09. The highest BCUT2D eigenvalue weighted by Gasteiger charge is 2.32. The van der Waals surface area contributed by atoms with E-state index in [9.17, 15) is 24.0 Å². The lowest BCUT2D eigenvalue weighted by Crippen LogP contribution is -2.58. The number of rotatable bonds is 20. The number of carbonyl (C=O) groups is 5. The van der Waals surface area contributed by atoms with Crippen LogP contribution >= 0.6 is 11.8 Å². The van der Waals surface area contributed by atoms with Crippen LogP contribution in [0.4, 0.5) is 0 Å². The molecule has 9 nitrogen and oxygen atoms in total. The Bertz CT molecular complexity index is 1000. The van der Waals surface area contributed by atoms with Gasteiger partial charge in [0, 0.05) is 19.3 Å². The quantitative estimate of drug-likeness (QED) is 0.167. The highest BCUT2D eigenvalue weighted by Crippen LogP contribution is 2.12. The second-order valence-electron chi connectivity index (χ2n) is 11.6. The van der Waals surface area contributed by atoms with Gasteiger partial charge in [0.2, 0.25) is 23.6 Å². The summed E-state index contributed by atoms with van der Waals surface area (Å²) in [6.07, 6.45) is 6.20. The summed E-state index contributed by atoms with van der Waals surface area (Å²) in [4.78, 5) is 65.2. The van der Waals surface area contributed by atoms with Crippen LogP contribution in [0, 0.1) is 11.8 Å². The predicted octanol–water partition coefficient (Wildman–Crippen LogP) is 3.79. The van der Waals surface area contributed by atoms with Crippen molar-refractivity contribution >= 4 is 41.2 Å². The third kappa shape index (κ3) is 14.3. The Morgan fingerprint density at radius 1 is 0.738 bits per heavy atom. The molecular formula is C32H52N4O5S. The molecule has 1 aromatic carbocycles. The van der Waals surface area contributed by atoms with Crippen molar-refractivity contribution in [3.8, 4) is 0 Å². The van der Waals surface area contributed by atoms with Gasteiger partial charge >= 0.3 is 0 Å². The Kier molecular flexibility index (Phi) is 17.8. The van der Waals surface area contributed by atoms with Crippen molar-refractivity contribution in [2.45, 2.75) is 111 Å². The minimum Gasteiger partial charge on any atom is -0.345 e. The molecule has 236 valence electrons. The second-order valence-corrected chi connectivity index (χ2v) is 12.6. The lowest BCUT2D eigenvalue weighted by Gasteiger charge is -2.27. The minimum atomic E-state index is -0.956. The van der Waals surface area contributed by atoms with Crippen molar-refractivity contribution in [3.05, 3.63) is 35.9 Å². The van der Waals surface area contributed by atoms with E-state index in [1.165, 1.54) is 6.92 Å². The number of unbranched alkanes of at least 4 members (excludes halogenated alkanes) is 2. The van der Waals surface area contributed by atoms with Crippen LogP contribution in [0.3, 0.4) is 0 Å². The van der Waals surface area contributed by atoms with Crippen LogP contribution in [0.5, 0.6) is 0 Å². The van der Waals surface area contributed by atoms with Crippen LogP contribution in [0.15, 0.2) is 30.3 Å². The molecular weight excluding hydrogens is 552 g/mol. The molecule has 4 unspecified atom stereocenters. The van der Waals surface area contributed by atoms with Gasteiger partial charge in [-0.1, -0.05) is 84.2 Å². The van der Waals surface area contributed by atoms with Gasteiger partial charge in [-0.15, -0.1) is 0 Å². The van der Waals surface area contributed by atoms with Gasteiger partial charge in [-0.3, -0.25) is 24.0 Å². The van der Waals surface area contributed by atoms with Crippen molar-refractivity contribution < 1.29 is 24.0 Å². The predicted molar refractivity (Wildman–Crippen MR) is 170 cm³/mol. The Labute approximate surface area is 256 Å². The summed E-state index contributed by atoms with van der Waals surface area (Å²) < 4.78 is 0. The summed E-state index contributed by atoms with van der Waals surface area (Å²) >= 11 is 1.56. The first-order chi connectivity index (χ1) is 19.9. The van der Waals surface area contributed by atoms with Crippen LogP contribution in [-0.2, 0) is 30.4 Å². The van der Waals surface area contributed by atoms with Gasteiger partial charge in [-0.2, -0.15) is 11.8 Å². The Morgan fingerprint density at radius 2 is 1.31 bits per heavy atom. The summed E-state index contributed by atoms with van der Waals surface area (Å²) in [5.41, 5.74) is 0.850. The molecule has 0 aliphatic carbocycles. The zero-order chi connectivity index (χ0) is 31.7. The number of benzene rings is 1. The summed E-state index contributed by atoms with van der Waals surface area (Å²) in [5.74, 6) is -1.25. The molecule has 1 rings (SSSR count). The molecule has 10 heteroatoms. The molecule has 4 N–H and O–H groups in total. The zero-order valence-electron chi connectivity index (χ0n) is 26.5. The normalized spacial score (nSPS) is 14.0. The Hall–Kier alpha value is -2.88. The van der Waals surface area contributed by atoms with Crippen LogP contribution in [-0.4, -0.2) is 65.6 Å². The number of hydrogen-bond donors (Lipinski definition) is 4. The molecule has 0 fully saturated rings. The highest BCUT2D eigenvalue weighted by molar-refractivity contribution is 7.98. The topological polar surface area (TPSA) is 133 Å². The number of thioether (sulfide) groups is 1. The first kappa shape index (κ1) is 37.1. The van der Waals surface area contributed by atoms with E-state index >= 15 is 0 Å². The van der Waals surface area contributed by atoms with Crippen LogP contribution in [0.2, 0.25) is 0 Å². The molecule has 42 heavy (non-hydrogen) atoms. The highest BCUT2D eigenvalue weighted by atomic mass is 32.2. The Balaban J connectivity index is 3.22. The lowest BCUT2D eigenvalue weighted by molar-refractivity contribution is -0.134. The van der Waals surface area contributed by atoms with Gasteiger partial charge in [0.25, 0.3) is 0 Å². The largest absolute Gasteiger partial charge is 0.345 e. The van der Waals surface area contributed by atoms with E-state index in [1.807, 2.05) is 64.3 Å². The number of Topliss-reactive ketones (excluding diaryl/α,β-unsaturated/α-hetero) is 1. The molecule has 0 aromatic heterocycles. The van der Waals surface area contributed by atoms with Crippen LogP contribution in [0.1, 0.15) is 85.6 Å². The molecule has 0 bridgehead atoms. The van der Waals surface area contributed by atoms with E-state index in [1.54, 1.807) is 11.8 Å². The number of ketones is 1. The maximum absolute atomic E-state index is 13.7. The first-order valence-corrected chi connectivity index (χ1v) is 16.5. The van der Waals surface area contributed by atoms with Crippen molar-refractivity contribution in [1.29, 1.82) is 0 Å². The Morgan fingerprint density at radius 3 is 1.86 bits per heavy atom. The van der Waals surface area contributed by atoms with E-state index in [0.29, 0.717) is 25.0 Å². The molecule has 4 amide bonds. The summed E-state index contributed by atoms with van der Waals surface area (Å²) in [5, 5.41) is 11.3. The second kappa shape index (κ2) is 20.1. The van der Waals surface area contributed by atoms with Gasteiger partial charge < -0.3 is 21.3 Å². The molecule has 0 heterocycles. The molecule has 0 spiro atoms. The molecule has 0 saturated carbocycles. The lowest BCUT2D eigenvalue weighted by atomic mass is 9.96. The SMILES string of the molecule is CCCCCC(NC(=O)C(Cc1ccccc1)NC(=O)C(CC(C)C)NC(=O)C(CCSC)NC(C)=O)C(=O)C(C)C. The van der Waals surface area contributed by atoms with E-state index in [2.05, 4.69) is 28.2 Å². The van der Waals surface area contributed by atoms with E-state index < -0.39 is 41.9 Å². The number of amides is 4. The van der Waals surface area contributed by atoms with Crippen LogP contribution in [0.25, 0.3) is 0 Å². The average Bonchev–Trinajstić information content (AvgIpc) is 2.93. The summed E-state index contributed by atoms with van der Waals surface area (Å²) in [6.45, 7) is 10.9. The fraction of sp³-hybridized carbons (Fsp3) is 0.656. The van der Waals surface area contributed by atoms with E-state index in [4.69, 9.17) is 0 Å². The van der Waals surface area contributed by atoms with E-state index in [0.717, 1.165) is 24.8 Å². The molecule has 4 atom stereocenters. The van der Waals surface area contributed by atoms with Crippen LogP contribution < -0.4 is 21.3 Å². The van der Waals surface area contributed by atoms with Gasteiger partial charge in [-0.25, -0.2) is 0 Å². The first-order valence-electron chi connectivity index (χ1n) is 15.1. The van der Waals surface area contributed by atoms with Crippen molar-refractivity contribution in [3.63, 3.8) is 0 Å². The van der Waals surface area contributed by atoms with Crippen molar-refractivity contribution in [1.82, 2.24) is 21.3 Å². The fourth-order valence-electron chi connectivity index (χ4n) is 4.62. The van der Waals surface area contributed by atoms with Gasteiger partial charge in [0.1, 0.15) is 18.1 Å².